The van der Waals surface area contributed by atoms with Crippen LogP contribution < -0.4 is 4.74 Å². The first-order chi connectivity index (χ1) is 13.3. The van der Waals surface area contributed by atoms with Crippen molar-refractivity contribution in [3.05, 3.63) is 95.3 Å². The van der Waals surface area contributed by atoms with Crippen LogP contribution in [0.1, 0.15) is 41.1 Å². The van der Waals surface area contributed by atoms with Crippen molar-refractivity contribution in [1.82, 2.24) is 9.88 Å². The summed E-state index contributed by atoms with van der Waals surface area (Å²) in [6, 6.07) is 21.7. The van der Waals surface area contributed by atoms with E-state index in [-0.39, 0.29) is 0 Å². The highest BCUT2D eigenvalue weighted by molar-refractivity contribution is 5.32. The van der Waals surface area contributed by atoms with Crippen LogP contribution >= 0.6 is 0 Å². The summed E-state index contributed by atoms with van der Waals surface area (Å²) in [5.41, 5.74) is 5.33. The molecule has 0 radical (unpaired) electrons. The fraction of sp³-hybridized carbons (Fsp3) is 0.292. The highest BCUT2D eigenvalue weighted by Gasteiger charge is 2.23. The SMILES string of the molecule is CN(Cc1cncc(OCc2ccccc2)c1)C1CCCc2ccccc21. The molecule has 0 fully saturated rings. The molecule has 3 nitrogen and oxygen atoms in total. The molecule has 2 aromatic carbocycles. The number of fused-ring (bicyclic) bond motifs is 1. The maximum atomic E-state index is 5.94. The Labute approximate surface area is 161 Å². The maximum Gasteiger partial charge on any atom is 0.138 e. The van der Waals surface area contributed by atoms with E-state index >= 15 is 0 Å². The van der Waals surface area contributed by atoms with E-state index in [0.717, 1.165) is 12.3 Å². The average molecular weight is 358 g/mol. The first-order valence-corrected chi connectivity index (χ1v) is 9.68. The number of benzene rings is 2. The van der Waals surface area contributed by atoms with Crippen molar-refractivity contribution in [2.75, 3.05) is 7.05 Å². The third-order valence-electron chi connectivity index (χ3n) is 5.32. The average Bonchev–Trinajstić information content (AvgIpc) is 2.73. The van der Waals surface area contributed by atoms with Gasteiger partial charge in [-0.15, -0.1) is 0 Å². The molecule has 27 heavy (non-hydrogen) atoms. The molecule has 3 aromatic rings. The summed E-state index contributed by atoms with van der Waals surface area (Å²) >= 11 is 0. The molecule has 138 valence electrons. The summed E-state index contributed by atoms with van der Waals surface area (Å²) in [5.74, 6) is 0.828. The largest absolute Gasteiger partial charge is 0.487 e. The molecule has 1 unspecified atom stereocenters. The molecule has 0 saturated carbocycles. The number of ether oxygens (including phenoxy) is 1. The molecule has 1 aromatic heterocycles. The van der Waals surface area contributed by atoms with E-state index < -0.39 is 0 Å². The Morgan fingerprint density at radius 2 is 1.81 bits per heavy atom. The lowest BCUT2D eigenvalue weighted by Gasteiger charge is -2.33. The molecule has 0 bridgehead atoms. The van der Waals surface area contributed by atoms with Gasteiger partial charge in [0.1, 0.15) is 12.4 Å². The first-order valence-electron chi connectivity index (χ1n) is 9.68. The Morgan fingerprint density at radius 3 is 2.70 bits per heavy atom. The van der Waals surface area contributed by atoms with Gasteiger partial charge in [0, 0.05) is 18.8 Å². The molecule has 3 heteroatoms. The second-order valence-electron chi connectivity index (χ2n) is 7.33. The van der Waals surface area contributed by atoms with Crippen molar-refractivity contribution < 1.29 is 4.74 Å². The maximum absolute atomic E-state index is 5.94. The number of nitrogens with zero attached hydrogens (tertiary/aromatic N) is 2. The molecule has 1 aliphatic rings. The summed E-state index contributed by atoms with van der Waals surface area (Å²) in [6.07, 6.45) is 7.41. The molecule has 4 rings (SSSR count). The molecule has 0 amide bonds. The summed E-state index contributed by atoms with van der Waals surface area (Å²) in [6.45, 7) is 1.44. The van der Waals surface area contributed by atoms with Crippen molar-refractivity contribution in [2.45, 2.75) is 38.5 Å². The predicted octanol–water partition coefficient (Wildman–Crippen LogP) is 5.17. The zero-order valence-corrected chi connectivity index (χ0v) is 15.8. The van der Waals surface area contributed by atoms with Crippen molar-refractivity contribution in [2.24, 2.45) is 0 Å². The van der Waals surface area contributed by atoms with Gasteiger partial charge in [0.15, 0.2) is 0 Å². The minimum atomic E-state index is 0.476. The molecule has 1 heterocycles. The highest BCUT2D eigenvalue weighted by Crippen LogP contribution is 2.34. The van der Waals surface area contributed by atoms with Crippen LogP contribution in [0.3, 0.4) is 0 Å². The van der Waals surface area contributed by atoms with Gasteiger partial charge in [-0.3, -0.25) is 9.88 Å². The third-order valence-corrected chi connectivity index (χ3v) is 5.32. The van der Waals surface area contributed by atoms with Gasteiger partial charge in [0.2, 0.25) is 0 Å². The van der Waals surface area contributed by atoms with E-state index in [0.29, 0.717) is 12.6 Å². The second-order valence-corrected chi connectivity index (χ2v) is 7.33. The topological polar surface area (TPSA) is 25.4 Å². The van der Waals surface area contributed by atoms with E-state index in [1.165, 1.54) is 41.5 Å². The van der Waals surface area contributed by atoms with Crippen LogP contribution in [0.15, 0.2) is 73.1 Å². The Bertz CT molecular complexity index is 878. The lowest BCUT2D eigenvalue weighted by Crippen LogP contribution is -2.27. The van der Waals surface area contributed by atoms with Crippen LogP contribution in [-0.2, 0) is 19.6 Å². The smallest absolute Gasteiger partial charge is 0.138 e. The Kier molecular flexibility index (Phi) is 5.50. The van der Waals surface area contributed by atoms with Gasteiger partial charge in [-0.1, -0.05) is 54.6 Å². The number of aryl methyl sites for hydroxylation is 1. The Balaban J connectivity index is 1.42. The summed E-state index contributed by atoms with van der Waals surface area (Å²) in [7, 11) is 2.21. The van der Waals surface area contributed by atoms with Crippen molar-refractivity contribution in [3.63, 3.8) is 0 Å². The monoisotopic (exact) mass is 358 g/mol. The fourth-order valence-corrected chi connectivity index (χ4v) is 3.95. The van der Waals surface area contributed by atoms with Gasteiger partial charge >= 0.3 is 0 Å². The lowest BCUT2D eigenvalue weighted by molar-refractivity contribution is 0.212. The van der Waals surface area contributed by atoms with Gasteiger partial charge in [-0.2, -0.15) is 0 Å². The quantitative estimate of drug-likeness (QED) is 0.608. The van der Waals surface area contributed by atoms with Gasteiger partial charge in [0.05, 0.1) is 6.20 Å². The normalized spacial score (nSPS) is 16.1. The Hall–Kier alpha value is -2.65. The molecular formula is C24H26N2O. The molecular weight excluding hydrogens is 332 g/mol. The van der Waals surface area contributed by atoms with Crippen LogP contribution in [0.5, 0.6) is 5.75 Å². The molecule has 0 aliphatic heterocycles. The highest BCUT2D eigenvalue weighted by atomic mass is 16.5. The first kappa shape index (κ1) is 17.7. The standard InChI is InChI=1S/C24H26N2O/c1-26(24-13-7-11-21-10-5-6-12-23(21)24)17-20-14-22(16-25-15-20)27-18-19-8-3-2-4-9-19/h2-6,8-10,12,14-16,24H,7,11,13,17-18H2,1H3. The van der Waals surface area contributed by atoms with E-state index in [2.05, 4.69) is 59.4 Å². The summed E-state index contributed by atoms with van der Waals surface area (Å²) in [4.78, 5) is 6.83. The zero-order valence-electron chi connectivity index (χ0n) is 15.8. The molecule has 0 saturated heterocycles. The summed E-state index contributed by atoms with van der Waals surface area (Å²) in [5, 5.41) is 0. The molecule has 0 N–H and O–H groups in total. The van der Waals surface area contributed by atoms with Crippen LogP contribution in [-0.4, -0.2) is 16.9 Å². The molecule has 0 spiro atoms. The minimum Gasteiger partial charge on any atom is -0.487 e. The van der Waals surface area contributed by atoms with Crippen molar-refractivity contribution in [1.29, 1.82) is 0 Å². The third kappa shape index (κ3) is 4.37. The van der Waals surface area contributed by atoms with Gasteiger partial charge in [-0.05, 0) is 54.6 Å². The van der Waals surface area contributed by atoms with Crippen LogP contribution in [0.4, 0.5) is 0 Å². The van der Waals surface area contributed by atoms with Crippen molar-refractivity contribution in [3.8, 4) is 5.75 Å². The second kappa shape index (κ2) is 8.36. The summed E-state index contributed by atoms with van der Waals surface area (Å²) < 4.78 is 5.94. The number of hydrogen-bond donors (Lipinski definition) is 0. The number of hydrogen-bond acceptors (Lipinski definition) is 3. The molecule has 1 aliphatic carbocycles. The molecule has 1 atom stereocenters. The fourth-order valence-electron chi connectivity index (χ4n) is 3.95. The lowest BCUT2D eigenvalue weighted by atomic mass is 9.87. The van der Waals surface area contributed by atoms with Gasteiger partial charge in [-0.25, -0.2) is 0 Å². The van der Waals surface area contributed by atoms with E-state index in [1.807, 2.05) is 24.4 Å². The van der Waals surface area contributed by atoms with Gasteiger partial charge in [0.25, 0.3) is 0 Å². The van der Waals surface area contributed by atoms with Gasteiger partial charge < -0.3 is 4.74 Å². The van der Waals surface area contributed by atoms with E-state index in [1.54, 1.807) is 6.20 Å². The van der Waals surface area contributed by atoms with Crippen LogP contribution in [0, 0.1) is 0 Å². The Morgan fingerprint density at radius 1 is 1.00 bits per heavy atom. The van der Waals surface area contributed by atoms with E-state index in [9.17, 15) is 0 Å². The number of aromatic nitrogens is 1. The van der Waals surface area contributed by atoms with Crippen molar-refractivity contribution >= 4 is 0 Å². The van der Waals surface area contributed by atoms with Crippen LogP contribution in [0.2, 0.25) is 0 Å². The zero-order chi connectivity index (χ0) is 18.5. The number of pyridine rings is 1. The van der Waals surface area contributed by atoms with E-state index in [4.69, 9.17) is 4.74 Å². The van der Waals surface area contributed by atoms with Crippen LogP contribution in [0.25, 0.3) is 0 Å². The predicted molar refractivity (Wildman–Crippen MR) is 109 cm³/mol. The number of rotatable bonds is 6. The minimum absolute atomic E-state index is 0.476.